The number of amides is 2. The van der Waals surface area contributed by atoms with Crippen molar-refractivity contribution < 1.29 is 19.4 Å². The summed E-state index contributed by atoms with van der Waals surface area (Å²) in [6, 6.07) is 12.7. The van der Waals surface area contributed by atoms with E-state index >= 15 is 0 Å². The lowest BCUT2D eigenvalue weighted by molar-refractivity contribution is -0.125. The Hall–Kier alpha value is -2.73. The normalized spacial score (nSPS) is 9.96. The van der Waals surface area contributed by atoms with Gasteiger partial charge in [-0.1, -0.05) is 17.7 Å². The Morgan fingerprint density at radius 2 is 1.83 bits per heavy atom. The van der Waals surface area contributed by atoms with E-state index in [4.69, 9.17) is 16.3 Å². The Morgan fingerprint density at radius 3 is 2.52 bits per heavy atom. The molecule has 6 nitrogen and oxygen atoms in total. The molecule has 0 radical (unpaired) electrons. The van der Waals surface area contributed by atoms with Crippen molar-refractivity contribution in [2.24, 2.45) is 0 Å². The Labute approximate surface area is 138 Å². The number of phenols is 1. The fraction of sp³-hybridized carbons (Fsp3) is 0.125. The second kappa shape index (κ2) is 8.05. The van der Waals surface area contributed by atoms with Gasteiger partial charge < -0.3 is 20.5 Å². The van der Waals surface area contributed by atoms with Gasteiger partial charge in [0.1, 0.15) is 11.5 Å². The van der Waals surface area contributed by atoms with Crippen molar-refractivity contribution in [3.8, 4) is 11.5 Å². The van der Waals surface area contributed by atoms with Crippen molar-refractivity contribution in [1.29, 1.82) is 0 Å². The molecule has 2 rings (SSSR count). The Morgan fingerprint density at radius 1 is 1.09 bits per heavy atom. The highest BCUT2D eigenvalue weighted by molar-refractivity contribution is 6.30. The van der Waals surface area contributed by atoms with Crippen LogP contribution in [0.2, 0.25) is 5.02 Å². The first kappa shape index (κ1) is 16.6. The topological polar surface area (TPSA) is 87.7 Å². The molecule has 0 atom stereocenters. The van der Waals surface area contributed by atoms with Gasteiger partial charge in [0, 0.05) is 16.8 Å². The molecule has 0 aliphatic rings. The van der Waals surface area contributed by atoms with Crippen molar-refractivity contribution in [2.75, 3.05) is 18.5 Å². The van der Waals surface area contributed by atoms with Crippen LogP contribution in [0.1, 0.15) is 0 Å². The molecule has 0 bridgehead atoms. The minimum Gasteiger partial charge on any atom is -0.508 e. The predicted molar refractivity (Wildman–Crippen MR) is 86.7 cm³/mol. The molecule has 0 heterocycles. The van der Waals surface area contributed by atoms with E-state index in [-0.39, 0.29) is 18.9 Å². The molecule has 2 aromatic rings. The fourth-order valence-corrected chi connectivity index (χ4v) is 1.82. The highest BCUT2D eigenvalue weighted by Gasteiger charge is 2.07. The van der Waals surface area contributed by atoms with Crippen molar-refractivity contribution in [2.45, 2.75) is 0 Å². The van der Waals surface area contributed by atoms with Gasteiger partial charge in [-0.05, 0) is 36.4 Å². The molecule has 0 saturated carbocycles. The molecular weight excluding hydrogens is 320 g/mol. The molecule has 0 saturated heterocycles. The summed E-state index contributed by atoms with van der Waals surface area (Å²) < 4.78 is 5.25. The van der Waals surface area contributed by atoms with Crippen molar-refractivity contribution >= 4 is 29.1 Å². The molecule has 23 heavy (non-hydrogen) atoms. The van der Waals surface area contributed by atoms with Crippen LogP contribution in [0.15, 0.2) is 48.5 Å². The van der Waals surface area contributed by atoms with E-state index in [1.807, 2.05) is 0 Å². The molecule has 0 spiro atoms. The number of benzene rings is 2. The number of hydrogen-bond donors (Lipinski definition) is 3. The van der Waals surface area contributed by atoms with Crippen LogP contribution in [0.4, 0.5) is 5.69 Å². The average molecular weight is 335 g/mol. The molecule has 0 unspecified atom stereocenters. The van der Waals surface area contributed by atoms with Gasteiger partial charge in [-0.15, -0.1) is 0 Å². The van der Waals surface area contributed by atoms with Crippen molar-refractivity contribution in [3.63, 3.8) is 0 Å². The molecule has 3 N–H and O–H groups in total. The van der Waals surface area contributed by atoms with E-state index < -0.39 is 11.8 Å². The van der Waals surface area contributed by atoms with Gasteiger partial charge in [0.25, 0.3) is 5.91 Å². The van der Waals surface area contributed by atoms with Crippen LogP contribution in [0.5, 0.6) is 11.5 Å². The number of hydrogen-bond acceptors (Lipinski definition) is 4. The zero-order valence-electron chi connectivity index (χ0n) is 12.1. The van der Waals surface area contributed by atoms with Gasteiger partial charge in [0.05, 0.1) is 6.54 Å². The number of carbonyl (C=O) groups is 2. The van der Waals surface area contributed by atoms with Crippen LogP contribution in [-0.2, 0) is 9.59 Å². The number of aromatic hydroxyl groups is 1. The summed E-state index contributed by atoms with van der Waals surface area (Å²) >= 11 is 5.74. The summed E-state index contributed by atoms with van der Waals surface area (Å²) in [7, 11) is 0. The van der Waals surface area contributed by atoms with E-state index in [9.17, 15) is 14.7 Å². The predicted octanol–water partition coefficient (Wildman–Crippen LogP) is 2.18. The van der Waals surface area contributed by atoms with E-state index in [1.54, 1.807) is 36.4 Å². The third-order valence-electron chi connectivity index (χ3n) is 2.76. The monoisotopic (exact) mass is 334 g/mol. The second-order valence-corrected chi connectivity index (χ2v) is 5.05. The Bertz CT molecular complexity index is 689. The average Bonchev–Trinajstić information content (AvgIpc) is 2.52. The quantitative estimate of drug-likeness (QED) is 0.755. The maximum absolute atomic E-state index is 11.7. The number of phenolic OH excluding ortho intramolecular Hbond substituents is 1. The minimum absolute atomic E-state index is 0.0446. The summed E-state index contributed by atoms with van der Waals surface area (Å²) in [6.07, 6.45) is 0. The molecule has 2 aromatic carbocycles. The first-order valence-electron chi connectivity index (χ1n) is 6.77. The van der Waals surface area contributed by atoms with Gasteiger partial charge in [0.2, 0.25) is 5.91 Å². The lowest BCUT2D eigenvalue weighted by Crippen LogP contribution is -2.35. The van der Waals surface area contributed by atoms with Crippen LogP contribution in [0.3, 0.4) is 0 Å². The number of anilines is 1. The number of carbonyl (C=O) groups excluding carboxylic acids is 2. The first-order chi connectivity index (χ1) is 11.0. The minimum atomic E-state index is -0.425. The Kier molecular flexibility index (Phi) is 5.82. The van der Waals surface area contributed by atoms with Crippen LogP contribution in [0, 0.1) is 0 Å². The molecule has 0 fully saturated rings. The standard InChI is InChI=1S/C16H15ClN2O4/c17-11-4-6-14(7-5-11)23-10-16(22)18-9-15(21)19-12-2-1-3-13(20)8-12/h1-8,20H,9-10H2,(H,18,22)(H,19,21). The SMILES string of the molecule is O=C(COc1ccc(Cl)cc1)NCC(=O)Nc1cccc(O)c1. The maximum atomic E-state index is 11.7. The molecular formula is C16H15ClN2O4. The molecule has 7 heteroatoms. The number of nitrogens with one attached hydrogen (secondary N) is 2. The van der Waals surface area contributed by atoms with Crippen LogP contribution < -0.4 is 15.4 Å². The lowest BCUT2D eigenvalue weighted by Gasteiger charge is -2.08. The molecule has 0 aliphatic heterocycles. The highest BCUT2D eigenvalue weighted by atomic mass is 35.5. The lowest BCUT2D eigenvalue weighted by atomic mass is 10.3. The van der Waals surface area contributed by atoms with Crippen LogP contribution >= 0.6 is 11.6 Å². The molecule has 0 aromatic heterocycles. The molecule has 120 valence electrons. The smallest absolute Gasteiger partial charge is 0.258 e. The largest absolute Gasteiger partial charge is 0.508 e. The maximum Gasteiger partial charge on any atom is 0.258 e. The number of halogens is 1. The van der Waals surface area contributed by atoms with Crippen LogP contribution in [0.25, 0.3) is 0 Å². The van der Waals surface area contributed by atoms with E-state index in [0.717, 1.165) is 0 Å². The summed E-state index contributed by atoms with van der Waals surface area (Å²) in [5.41, 5.74) is 0.446. The second-order valence-electron chi connectivity index (χ2n) is 4.62. The zero-order chi connectivity index (χ0) is 16.7. The fourth-order valence-electron chi connectivity index (χ4n) is 1.70. The highest BCUT2D eigenvalue weighted by Crippen LogP contribution is 2.15. The first-order valence-corrected chi connectivity index (χ1v) is 7.14. The van der Waals surface area contributed by atoms with E-state index in [2.05, 4.69) is 10.6 Å². The van der Waals surface area contributed by atoms with E-state index in [0.29, 0.717) is 16.5 Å². The summed E-state index contributed by atoms with van der Waals surface area (Å²) in [5, 5.41) is 14.9. The molecule has 0 aliphatic carbocycles. The summed E-state index contributed by atoms with van der Waals surface area (Å²) in [4.78, 5) is 23.3. The van der Waals surface area contributed by atoms with Crippen molar-refractivity contribution in [1.82, 2.24) is 5.32 Å². The number of ether oxygens (including phenoxy) is 1. The van der Waals surface area contributed by atoms with E-state index in [1.165, 1.54) is 12.1 Å². The van der Waals surface area contributed by atoms with Crippen molar-refractivity contribution in [3.05, 3.63) is 53.6 Å². The van der Waals surface area contributed by atoms with Gasteiger partial charge in [0.15, 0.2) is 6.61 Å². The number of rotatable bonds is 6. The third kappa shape index (κ3) is 5.88. The zero-order valence-corrected chi connectivity index (χ0v) is 12.8. The summed E-state index contributed by atoms with van der Waals surface area (Å²) in [5.74, 6) is -0.279. The Balaban J connectivity index is 1.71. The van der Waals surface area contributed by atoms with Gasteiger partial charge in [-0.3, -0.25) is 9.59 Å². The molecule has 2 amide bonds. The van der Waals surface area contributed by atoms with Gasteiger partial charge >= 0.3 is 0 Å². The van der Waals surface area contributed by atoms with Gasteiger partial charge in [-0.25, -0.2) is 0 Å². The van der Waals surface area contributed by atoms with Gasteiger partial charge in [-0.2, -0.15) is 0 Å². The summed E-state index contributed by atoms with van der Waals surface area (Å²) in [6.45, 7) is -0.403. The van der Waals surface area contributed by atoms with Crippen LogP contribution in [-0.4, -0.2) is 30.1 Å². The third-order valence-corrected chi connectivity index (χ3v) is 3.01.